The topological polar surface area (TPSA) is 108 Å². The second-order valence-corrected chi connectivity index (χ2v) is 5.27. The van der Waals surface area contributed by atoms with Crippen molar-refractivity contribution in [1.82, 2.24) is 10.9 Å². The minimum atomic E-state index is -0.804. The van der Waals surface area contributed by atoms with Gasteiger partial charge in [0.1, 0.15) is 11.8 Å². The molecule has 1 aromatic carbocycles. The zero-order valence-electron chi connectivity index (χ0n) is 13.4. The maximum Gasteiger partial charge on any atom is 0.253 e. The number of rotatable bonds is 8. The standard InChI is InChI=1S/C16H21N3O5/c1-2-24-12-7-5-11(6-8-12)19-15(22)10-13(16(19)23)17-18-14(21)4-3-9-20/h5-8,13,17,20H,2-4,9-10H2,1H3,(H,18,21)/t13-/m1/s1. The fraction of sp³-hybridized carbons (Fsp3) is 0.438. The summed E-state index contributed by atoms with van der Waals surface area (Å²) in [7, 11) is 0. The van der Waals surface area contributed by atoms with E-state index in [0.29, 0.717) is 24.5 Å². The summed E-state index contributed by atoms with van der Waals surface area (Å²) in [4.78, 5) is 37.1. The van der Waals surface area contributed by atoms with Crippen molar-refractivity contribution < 1.29 is 24.2 Å². The molecule has 3 N–H and O–H groups in total. The van der Waals surface area contributed by atoms with Gasteiger partial charge in [-0.2, -0.15) is 0 Å². The average Bonchev–Trinajstić information content (AvgIpc) is 2.86. The summed E-state index contributed by atoms with van der Waals surface area (Å²) in [5.41, 5.74) is 5.43. The van der Waals surface area contributed by atoms with Gasteiger partial charge in [-0.1, -0.05) is 0 Å². The Hall–Kier alpha value is -2.45. The SMILES string of the molecule is CCOc1ccc(N2C(=O)C[C@@H](NNC(=O)CCCO)C2=O)cc1. The molecule has 1 aliphatic rings. The lowest BCUT2D eigenvalue weighted by Gasteiger charge is -2.16. The summed E-state index contributed by atoms with van der Waals surface area (Å²) in [5.74, 6) is -0.451. The van der Waals surface area contributed by atoms with Crippen LogP contribution >= 0.6 is 0 Å². The Balaban J connectivity index is 1.96. The maximum atomic E-state index is 12.4. The predicted molar refractivity (Wildman–Crippen MR) is 86.1 cm³/mol. The first kappa shape index (κ1) is 17.9. The fourth-order valence-electron chi connectivity index (χ4n) is 2.34. The van der Waals surface area contributed by atoms with E-state index in [-0.39, 0.29) is 31.3 Å². The Bertz CT molecular complexity index is 602. The summed E-state index contributed by atoms with van der Waals surface area (Å²) >= 11 is 0. The van der Waals surface area contributed by atoms with Crippen molar-refractivity contribution in [2.75, 3.05) is 18.1 Å². The highest BCUT2D eigenvalue weighted by molar-refractivity contribution is 6.22. The number of nitrogens with zero attached hydrogens (tertiary/aromatic N) is 1. The zero-order chi connectivity index (χ0) is 17.5. The summed E-state index contributed by atoms with van der Waals surface area (Å²) in [6.45, 7) is 2.31. The number of anilines is 1. The van der Waals surface area contributed by atoms with Crippen LogP contribution in [0.5, 0.6) is 5.75 Å². The minimum absolute atomic E-state index is 0.0354. The first-order chi connectivity index (χ1) is 11.6. The number of hydrogen-bond acceptors (Lipinski definition) is 6. The number of hydrazine groups is 1. The van der Waals surface area contributed by atoms with E-state index in [1.165, 1.54) is 0 Å². The van der Waals surface area contributed by atoms with E-state index < -0.39 is 11.9 Å². The van der Waals surface area contributed by atoms with E-state index in [1.807, 2.05) is 6.92 Å². The number of benzene rings is 1. The van der Waals surface area contributed by atoms with Gasteiger partial charge in [-0.25, -0.2) is 10.3 Å². The van der Waals surface area contributed by atoms with Crippen LogP contribution in [-0.2, 0) is 14.4 Å². The van der Waals surface area contributed by atoms with Crippen LogP contribution in [0.2, 0.25) is 0 Å². The second kappa shape index (κ2) is 8.42. The first-order valence-corrected chi connectivity index (χ1v) is 7.81. The quantitative estimate of drug-likeness (QED) is 0.460. The Morgan fingerprint density at radius 2 is 2.04 bits per heavy atom. The van der Waals surface area contributed by atoms with Crippen LogP contribution < -0.4 is 20.5 Å². The number of carbonyl (C=O) groups is 3. The van der Waals surface area contributed by atoms with Gasteiger partial charge in [0.2, 0.25) is 11.8 Å². The molecule has 1 aromatic rings. The second-order valence-electron chi connectivity index (χ2n) is 5.27. The number of hydrogen-bond donors (Lipinski definition) is 3. The van der Waals surface area contributed by atoms with E-state index >= 15 is 0 Å². The third kappa shape index (κ3) is 4.30. The molecule has 8 nitrogen and oxygen atoms in total. The van der Waals surface area contributed by atoms with Crippen LogP contribution in [0.4, 0.5) is 5.69 Å². The van der Waals surface area contributed by atoms with E-state index in [9.17, 15) is 14.4 Å². The maximum absolute atomic E-state index is 12.4. The summed E-state index contributed by atoms with van der Waals surface area (Å²) < 4.78 is 5.33. The number of aliphatic hydroxyl groups is 1. The predicted octanol–water partition coefficient (Wildman–Crippen LogP) is 0.110. The first-order valence-electron chi connectivity index (χ1n) is 7.81. The van der Waals surface area contributed by atoms with Crippen molar-refractivity contribution in [1.29, 1.82) is 0 Å². The van der Waals surface area contributed by atoms with Gasteiger partial charge in [0, 0.05) is 13.0 Å². The van der Waals surface area contributed by atoms with Gasteiger partial charge < -0.3 is 9.84 Å². The number of aliphatic hydroxyl groups excluding tert-OH is 1. The van der Waals surface area contributed by atoms with Crippen molar-refractivity contribution in [2.45, 2.75) is 32.2 Å². The Morgan fingerprint density at radius 3 is 2.67 bits per heavy atom. The molecule has 0 spiro atoms. The number of amides is 3. The normalized spacial score (nSPS) is 17.2. The number of ether oxygens (including phenoxy) is 1. The Morgan fingerprint density at radius 1 is 1.33 bits per heavy atom. The molecule has 0 aromatic heterocycles. The molecule has 0 aliphatic carbocycles. The van der Waals surface area contributed by atoms with Crippen LogP contribution in [0.1, 0.15) is 26.2 Å². The van der Waals surface area contributed by atoms with Gasteiger partial charge in [0.25, 0.3) is 5.91 Å². The molecular formula is C16H21N3O5. The molecule has 1 aliphatic heterocycles. The van der Waals surface area contributed by atoms with Gasteiger partial charge >= 0.3 is 0 Å². The lowest BCUT2D eigenvalue weighted by molar-refractivity contribution is -0.123. The van der Waals surface area contributed by atoms with Gasteiger partial charge in [0.05, 0.1) is 18.7 Å². The number of nitrogens with one attached hydrogen (secondary N) is 2. The van der Waals surface area contributed by atoms with Crippen LogP contribution in [0.3, 0.4) is 0 Å². The molecule has 1 atom stereocenters. The van der Waals surface area contributed by atoms with E-state index in [1.54, 1.807) is 24.3 Å². The molecule has 8 heteroatoms. The molecule has 0 radical (unpaired) electrons. The largest absolute Gasteiger partial charge is 0.494 e. The van der Waals surface area contributed by atoms with Gasteiger partial charge in [-0.3, -0.25) is 19.8 Å². The minimum Gasteiger partial charge on any atom is -0.494 e. The van der Waals surface area contributed by atoms with Gasteiger partial charge in [-0.15, -0.1) is 0 Å². The van der Waals surface area contributed by atoms with Crippen LogP contribution in [-0.4, -0.2) is 42.1 Å². The molecule has 0 saturated carbocycles. The Kier molecular flexibility index (Phi) is 6.28. The Labute approximate surface area is 139 Å². The summed E-state index contributed by atoms with van der Waals surface area (Å²) in [6.07, 6.45) is 0.441. The molecular weight excluding hydrogens is 314 g/mol. The lowest BCUT2D eigenvalue weighted by atomic mass is 10.2. The molecule has 0 bridgehead atoms. The highest BCUT2D eigenvalue weighted by Gasteiger charge is 2.39. The van der Waals surface area contributed by atoms with Gasteiger partial charge in [-0.05, 0) is 37.6 Å². The molecule has 3 amide bonds. The van der Waals surface area contributed by atoms with Crippen LogP contribution in [0.25, 0.3) is 0 Å². The molecule has 0 unspecified atom stereocenters. The molecule has 2 rings (SSSR count). The van der Waals surface area contributed by atoms with Crippen molar-refractivity contribution in [3.63, 3.8) is 0 Å². The number of carbonyl (C=O) groups excluding carboxylic acids is 3. The van der Waals surface area contributed by atoms with Crippen LogP contribution in [0, 0.1) is 0 Å². The summed E-state index contributed by atoms with van der Waals surface area (Å²) in [5, 5.41) is 8.67. The van der Waals surface area contributed by atoms with E-state index in [2.05, 4.69) is 10.9 Å². The third-order valence-corrected chi connectivity index (χ3v) is 3.50. The molecule has 1 heterocycles. The van der Waals surface area contributed by atoms with Crippen molar-refractivity contribution in [3.8, 4) is 5.75 Å². The average molecular weight is 335 g/mol. The molecule has 1 fully saturated rings. The highest BCUT2D eigenvalue weighted by Crippen LogP contribution is 2.25. The highest BCUT2D eigenvalue weighted by atomic mass is 16.5. The van der Waals surface area contributed by atoms with Crippen molar-refractivity contribution in [3.05, 3.63) is 24.3 Å². The zero-order valence-corrected chi connectivity index (χ0v) is 13.4. The third-order valence-electron chi connectivity index (χ3n) is 3.50. The summed E-state index contributed by atoms with van der Waals surface area (Å²) in [6, 6.07) is 5.86. The molecule has 130 valence electrons. The molecule has 1 saturated heterocycles. The van der Waals surface area contributed by atoms with E-state index in [4.69, 9.17) is 9.84 Å². The van der Waals surface area contributed by atoms with Gasteiger partial charge in [0.15, 0.2) is 0 Å². The van der Waals surface area contributed by atoms with Crippen molar-refractivity contribution >= 4 is 23.4 Å². The molecule has 24 heavy (non-hydrogen) atoms. The van der Waals surface area contributed by atoms with Crippen molar-refractivity contribution in [2.24, 2.45) is 0 Å². The van der Waals surface area contributed by atoms with E-state index in [0.717, 1.165) is 4.90 Å². The van der Waals surface area contributed by atoms with Crippen LogP contribution in [0.15, 0.2) is 24.3 Å². The fourth-order valence-corrected chi connectivity index (χ4v) is 2.34. The number of imide groups is 1. The lowest BCUT2D eigenvalue weighted by Crippen LogP contribution is -2.48. The smallest absolute Gasteiger partial charge is 0.253 e. The monoisotopic (exact) mass is 335 g/mol.